The van der Waals surface area contributed by atoms with Crippen LogP contribution in [0, 0.1) is 0 Å². The molecule has 1 saturated heterocycles. The van der Waals surface area contributed by atoms with Crippen LogP contribution < -0.4 is 5.32 Å². The second kappa shape index (κ2) is 6.26. The lowest BCUT2D eigenvalue weighted by Crippen LogP contribution is -2.35. The van der Waals surface area contributed by atoms with Crippen LogP contribution in [0.1, 0.15) is 28.4 Å². The van der Waals surface area contributed by atoms with Crippen molar-refractivity contribution >= 4 is 24.5 Å². The highest BCUT2D eigenvalue weighted by atomic mass is 35.5. The van der Waals surface area contributed by atoms with Gasteiger partial charge in [-0.2, -0.15) is 0 Å². The van der Waals surface area contributed by atoms with E-state index in [1.807, 2.05) is 12.1 Å². The largest absolute Gasteiger partial charge is 0.465 e. The molecular formula is C12H14ClNO4. The smallest absolute Gasteiger partial charge is 0.407 e. The predicted octanol–water partition coefficient (Wildman–Crippen LogP) is 2.07. The summed E-state index contributed by atoms with van der Waals surface area (Å²) in [6.07, 6.45) is 0.321. The van der Waals surface area contributed by atoms with Gasteiger partial charge in [-0.25, -0.2) is 9.59 Å². The Morgan fingerprint density at radius 3 is 2.61 bits per heavy atom. The average molecular weight is 272 g/mol. The average Bonchev–Trinajstić information content (AvgIpc) is 2.38. The molecule has 2 rings (SSSR count). The molecular weight excluding hydrogens is 258 g/mol. The molecule has 5 nitrogen and oxygen atoms in total. The molecule has 18 heavy (non-hydrogen) atoms. The third-order valence-corrected chi connectivity index (χ3v) is 2.67. The van der Waals surface area contributed by atoms with E-state index in [1.54, 1.807) is 12.1 Å². The third kappa shape index (κ3) is 3.13. The van der Waals surface area contributed by atoms with Gasteiger partial charge in [-0.1, -0.05) is 12.1 Å². The highest BCUT2D eigenvalue weighted by Crippen LogP contribution is 2.20. The molecule has 0 saturated carbocycles. The Bertz CT molecular complexity index is 432. The van der Waals surface area contributed by atoms with Gasteiger partial charge in [0.05, 0.1) is 25.3 Å². The Morgan fingerprint density at radius 2 is 2.06 bits per heavy atom. The first kappa shape index (κ1) is 14.3. The van der Waals surface area contributed by atoms with Crippen molar-refractivity contribution in [2.24, 2.45) is 0 Å². The van der Waals surface area contributed by atoms with Gasteiger partial charge in [-0.05, 0) is 17.7 Å². The van der Waals surface area contributed by atoms with E-state index in [2.05, 4.69) is 10.1 Å². The summed E-state index contributed by atoms with van der Waals surface area (Å²) in [5, 5.41) is 2.72. The summed E-state index contributed by atoms with van der Waals surface area (Å²) in [6, 6.07) is 6.93. The monoisotopic (exact) mass is 271 g/mol. The number of hydrogen-bond donors (Lipinski definition) is 1. The number of amides is 1. The fraction of sp³-hybridized carbons (Fsp3) is 0.333. The number of alkyl carbamates (subject to hydrolysis) is 1. The summed E-state index contributed by atoms with van der Waals surface area (Å²) in [4.78, 5) is 22.3. The molecule has 1 aliphatic rings. The Kier molecular flexibility index (Phi) is 4.97. The van der Waals surface area contributed by atoms with Gasteiger partial charge in [0.25, 0.3) is 0 Å². The fourth-order valence-corrected chi connectivity index (χ4v) is 1.74. The van der Waals surface area contributed by atoms with Gasteiger partial charge in [-0.15, -0.1) is 12.4 Å². The van der Waals surface area contributed by atoms with Crippen molar-refractivity contribution in [1.82, 2.24) is 5.32 Å². The molecule has 0 aromatic heterocycles. The predicted molar refractivity (Wildman–Crippen MR) is 66.9 cm³/mol. The molecule has 6 heteroatoms. The van der Waals surface area contributed by atoms with Gasteiger partial charge in [0.15, 0.2) is 0 Å². The highest BCUT2D eigenvalue weighted by Gasteiger charge is 2.20. The Labute approximate surface area is 111 Å². The van der Waals surface area contributed by atoms with E-state index in [1.165, 1.54) is 7.11 Å². The molecule has 1 aliphatic heterocycles. The molecule has 0 unspecified atom stereocenters. The van der Waals surface area contributed by atoms with Gasteiger partial charge >= 0.3 is 12.1 Å². The first-order chi connectivity index (χ1) is 8.20. The Morgan fingerprint density at radius 1 is 1.39 bits per heavy atom. The van der Waals surface area contributed by atoms with Crippen molar-refractivity contribution in [1.29, 1.82) is 0 Å². The molecule has 1 amide bonds. The van der Waals surface area contributed by atoms with Crippen molar-refractivity contribution in [2.45, 2.75) is 12.5 Å². The van der Waals surface area contributed by atoms with Gasteiger partial charge in [0, 0.05) is 6.42 Å². The number of hydrogen-bond acceptors (Lipinski definition) is 4. The minimum atomic E-state index is -0.404. The normalized spacial score (nSPS) is 18.1. The number of halogens is 1. The van der Waals surface area contributed by atoms with Crippen LogP contribution in [0.4, 0.5) is 4.79 Å². The topological polar surface area (TPSA) is 64.6 Å². The summed E-state index contributed by atoms with van der Waals surface area (Å²) < 4.78 is 9.39. The van der Waals surface area contributed by atoms with E-state index in [-0.39, 0.29) is 24.4 Å². The first-order valence-corrected chi connectivity index (χ1v) is 5.32. The Balaban J connectivity index is 0.00000162. The molecule has 1 N–H and O–H groups in total. The molecule has 1 aromatic carbocycles. The number of rotatable bonds is 2. The molecule has 0 spiro atoms. The van der Waals surface area contributed by atoms with E-state index >= 15 is 0 Å². The van der Waals surface area contributed by atoms with Crippen molar-refractivity contribution in [3.63, 3.8) is 0 Å². The van der Waals surface area contributed by atoms with Crippen LogP contribution in [0.3, 0.4) is 0 Å². The summed E-state index contributed by atoms with van der Waals surface area (Å²) >= 11 is 0. The van der Waals surface area contributed by atoms with Crippen LogP contribution in [0.15, 0.2) is 24.3 Å². The minimum Gasteiger partial charge on any atom is -0.465 e. The van der Waals surface area contributed by atoms with Crippen LogP contribution in [0.2, 0.25) is 0 Å². The summed E-state index contributed by atoms with van der Waals surface area (Å²) in [5.74, 6) is -0.368. The third-order valence-electron chi connectivity index (χ3n) is 2.67. The SMILES string of the molecule is COC(=O)c1ccc([C@@H]2CCOC(=O)N2)cc1.Cl. The number of carbonyl (C=O) groups excluding carboxylic acids is 2. The lowest BCUT2D eigenvalue weighted by atomic mass is 10.0. The zero-order chi connectivity index (χ0) is 12.3. The van der Waals surface area contributed by atoms with Gasteiger partial charge in [-0.3, -0.25) is 0 Å². The van der Waals surface area contributed by atoms with Gasteiger partial charge < -0.3 is 14.8 Å². The summed E-state index contributed by atoms with van der Waals surface area (Å²) in [5.41, 5.74) is 1.45. The number of ether oxygens (including phenoxy) is 2. The quantitative estimate of drug-likeness (QED) is 0.837. The van der Waals surface area contributed by atoms with Crippen LogP contribution >= 0.6 is 12.4 Å². The lowest BCUT2D eigenvalue weighted by molar-refractivity contribution is 0.0600. The minimum absolute atomic E-state index is 0. The Hall–Kier alpha value is -1.75. The number of nitrogens with one attached hydrogen (secondary N) is 1. The van der Waals surface area contributed by atoms with Crippen LogP contribution in [0.5, 0.6) is 0 Å². The molecule has 1 aromatic rings. The number of cyclic esters (lactones) is 1. The van der Waals surface area contributed by atoms with Crippen LogP contribution in [0.25, 0.3) is 0 Å². The van der Waals surface area contributed by atoms with Crippen molar-refractivity contribution in [3.8, 4) is 0 Å². The summed E-state index contributed by atoms with van der Waals surface area (Å²) in [6.45, 7) is 0.412. The fourth-order valence-electron chi connectivity index (χ4n) is 1.74. The second-order valence-corrected chi connectivity index (χ2v) is 3.74. The van der Waals surface area contributed by atoms with E-state index in [9.17, 15) is 9.59 Å². The number of esters is 1. The van der Waals surface area contributed by atoms with Gasteiger partial charge in [0.1, 0.15) is 0 Å². The van der Waals surface area contributed by atoms with Crippen LogP contribution in [-0.2, 0) is 9.47 Å². The zero-order valence-corrected chi connectivity index (χ0v) is 10.7. The number of benzene rings is 1. The molecule has 0 radical (unpaired) electrons. The lowest BCUT2D eigenvalue weighted by Gasteiger charge is -2.23. The standard InChI is InChI=1S/C12H13NO4.ClH/c1-16-11(14)9-4-2-8(3-5-9)10-6-7-17-12(15)13-10;/h2-5,10H,6-7H2,1H3,(H,13,15);1H/t10-;/m0./s1. The van der Waals surface area contributed by atoms with Gasteiger partial charge in [0.2, 0.25) is 0 Å². The summed E-state index contributed by atoms with van der Waals surface area (Å²) in [7, 11) is 1.34. The van der Waals surface area contributed by atoms with E-state index in [0.29, 0.717) is 12.2 Å². The second-order valence-electron chi connectivity index (χ2n) is 3.74. The maximum absolute atomic E-state index is 11.2. The van der Waals surface area contributed by atoms with Crippen LogP contribution in [-0.4, -0.2) is 25.8 Å². The zero-order valence-electron chi connectivity index (χ0n) is 9.84. The first-order valence-electron chi connectivity index (χ1n) is 5.32. The highest BCUT2D eigenvalue weighted by molar-refractivity contribution is 5.89. The molecule has 1 heterocycles. The molecule has 1 atom stereocenters. The van der Waals surface area contributed by atoms with Crippen molar-refractivity contribution in [3.05, 3.63) is 35.4 Å². The number of methoxy groups -OCH3 is 1. The molecule has 0 bridgehead atoms. The van der Waals surface area contributed by atoms with Crippen molar-refractivity contribution in [2.75, 3.05) is 13.7 Å². The molecule has 0 aliphatic carbocycles. The molecule has 98 valence electrons. The molecule has 1 fully saturated rings. The van der Waals surface area contributed by atoms with E-state index in [4.69, 9.17) is 4.74 Å². The van der Waals surface area contributed by atoms with E-state index in [0.717, 1.165) is 12.0 Å². The number of carbonyl (C=O) groups is 2. The maximum Gasteiger partial charge on any atom is 0.407 e. The van der Waals surface area contributed by atoms with E-state index < -0.39 is 6.09 Å². The maximum atomic E-state index is 11.2. The van der Waals surface area contributed by atoms with Crippen molar-refractivity contribution < 1.29 is 19.1 Å².